The maximum atomic E-state index is 9.10. The summed E-state index contributed by atoms with van der Waals surface area (Å²) in [5.74, 6) is 0.724. The molecule has 0 spiro atoms. The van der Waals surface area contributed by atoms with Crippen molar-refractivity contribution in [1.82, 2.24) is 4.98 Å². The summed E-state index contributed by atoms with van der Waals surface area (Å²) >= 11 is 0. The van der Waals surface area contributed by atoms with Crippen molar-refractivity contribution in [3.8, 4) is 11.9 Å². The zero-order chi connectivity index (χ0) is 12.1. The van der Waals surface area contributed by atoms with E-state index >= 15 is 0 Å². The van der Waals surface area contributed by atoms with Crippen LogP contribution in [0.4, 0.5) is 5.69 Å². The maximum Gasteiger partial charge on any atom is 0.213 e. The van der Waals surface area contributed by atoms with Crippen LogP contribution < -0.4 is 10.1 Å². The van der Waals surface area contributed by atoms with E-state index in [1.165, 1.54) is 6.42 Å². The van der Waals surface area contributed by atoms with Gasteiger partial charge in [0.15, 0.2) is 0 Å². The van der Waals surface area contributed by atoms with Gasteiger partial charge in [-0.2, -0.15) is 5.26 Å². The lowest BCUT2D eigenvalue weighted by atomic mass is 9.85. The van der Waals surface area contributed by atoms with E-state index in [2.05, 4.69) is 16.4 Å². The lowest BCUT2D eigenvalue weighted by Crippen LogP contribution is -2.31. The molecular weight excluding hydrogens is 214 g/mol. The van der Waals surface area contributed by atoms with E-state index in [1.807, 2.05) is 12.1 Å². The summed E-state index contributed by atoms with van der Waals surface area (Å²) in [6.07, 6.45) is 6.17. The van der Waals surface area contributed by atoms with Crippen LogP contribution in [-0.2, 0) is 0 Å². The number of nitriles is 1. The van der Waals surface area contributed by atoms with Gasteiger partial charge < -0.3 is 10.1 Å². The molecule has 1 fully saturated rings. The number of methoxy groups -OCH3 is 1. The highest BCUT2D eigenvalue weighted by atomic mass is 16.5. The molecular formula is C13H17N3O. The summed E-state index contributed by atoms with van der Waals surface area (Å²) in [6.45, 7) is 0. The van der Waals surface area contributed by atoms with Crippen molar-refractivity contribution in [2.24, 2.45) is 5.92 Å². The molecule has 17 heavy (non-hydrogen) atoms. The van der Waals surface area contributed by atoms with Gasteiger partial charge >= 0.3 is 0 Å². The van der Waals surface area contributed by atoms with E-state index in [1.54, 1.807) is 13.3 Å². The fourth-order valence-electron chi connectivity index (χ4n) is 2.26. The first kappa shape index (κ1) is 11.7. The average molecular weight is 231 g/mol. The second-order valence-corrected chi connectivity index (χ2v) is 4.36. The number of nitrogens with zero attached hydrogens (tertiary/aromatic N) is 2. The Bertz CT molecular complexity index is 396. The topological polar surface area (TPSA) is 57.9 Å². The van der Waals surface area contributed by atoms with Crippen molar-refractivity contribution in [3.63, 3.8) is 0 Å². The minimum absolute atomic E-state index is 0.117. The van der Waals surface area contributed by atoms with Gasteiger partial charge in [-0.25, -0.2) is 4.98 Å². The second kappa shape index (κ2) is 5.53. The summed E-state index contributed by atoms with van der Waals surface area (Å²) in [4.78, 5) is 4.15. The molecule has 1 aliphatic carbocycles. The number of hydrogen-bond acceptors (Lipinski definition) is 4. The normalized spacial score (nSPS) is 23.8. The first-order valence-electron chi connectivity index (χ1n) is 5.99. The first-order valence-corrected chi connectivity index (χ1v) is 5.99. The van der Waals surface area contributed by atoms with E-state index < -0.39 is 0 Å². The molecule has 1 aromatic heterocycles. The standard InChI is InChI=1S/C13H17N3O/c1-17-13-7-6-11(9-15-13)16-12-5-3-2-4-10(12)8-14/h6-7,9-10,12,16H,2-5H2,1H3. The minimum atomic E-state index is 0.117. The van der Waals surface area contributed by atoms with Crippen LogP contribution in [0.15, 0.2) is 18.3 Å². The predicted octanol–water partition coefficient (Wildman–Crippen LogP) is 2.58. The molecule has 0 aliphatic heterocycles. The predicted molar refractivity (Wildman–Crippen MR) is 65.8 cm³/mol. The summed E-state index contributed by atoms with van der Waals surface area (Å²) in [5.41, 5.74) is 0.956. The molecule has 1 aliphatic rings. The second-order valence-electron chi connectivity index (χ2n) is 4.36. The first-order chi connectivity index (χ1) is 8.33. The lowest BCUT2D eigenvalue weighted by Gasteiger charge is -2.28. The molecule has 0 bridgehead atoms. The lowest BCUT2D eigenvalue weighted by molar-refractivity contribution is 0.387. The van der Waals surface area contributed by atoms with E-state index in [9.17, 15) is 0 Å². The van der Waals surface area contributed by atoms with Crippen LogP contribution in [-0.4, -0.2) is 18.1 Å². The largest absolute Gasteiger partial charge is 0.481 e. The molecule has 0 radical (unpaired) electrons. The fourth-order valence-corrected chi connectivity index (χ4v) is 2.26. The third-order valence-corrected chi connectivity index (χ3v) is 3.23. The smallest absolute Gasteiger partial charge is 0.213 e. The number of pyridine rings is 1. The molecule has 90 valence electrons. The molecule has 2 rings (SSSR count). The number of nitrogens with one attached hydrogen (secondary N) is 1. The van der Waals surface area contributed by atoms with E-state index in [0.717, 1.165) is 24.9 Å². The Hall–Kier alpha value is -1.76. The van der Waals surface area contributed by atoms with Crippen molar-refractivity contribution in [3.05, 3.63) is 18.3 Å². The number of ether oxygens (including phenoxy) is 1. The third-order valence-electron chi connectivity index (χ3n) is 3.23. The molecule has 2 unspecified atom stereocenters. The molecule has 1 N–H and O–H groups in total. The van der Waals surface area contributed by atoms with Gasteiger partial charge in [0.1, 0.15) is 0 Å². The van der Waals surface area contributed by atoms with E-state index in [4.69, 9.17) is 10.00 Å². The van der Waals surface area contributed by atoms with Gasteiger partial charge in [0.2, 0.25) is 5.88 Å². The molecule has 4 heteroatoms. The summed E-state index contributed by atoms with van der Waals surface area (Å²) in [5, 5.41) is 12.5. The highest BCUT2D eigenvalue weighted by Gasteiger charge is 2.24. The highest BCUT2D eigenvalue weighted by Crippen LogP contribution is 2.26. The summed E-state index contributed by atoms with van der Waals surface area (Å²) in [7, 11) is 1.60. The molecule has 0 saturated heterocycles. The quantitative estimate of drug-likeness (QED) is 0.868. The van der Waals surface area contributed by atoms with E-state index in [-0.39, 0.29) is 12.0 Å². The minimum Gasteiger partial charge on any atom is -0.481 e. The Balaban J connectivity index is 2.01. The maximum absolute atomic E-state index is 9.10. The SMILES string of the molecule is COc1ccc(NC2CCCCC2C#N)cn1. The van der Waals surface area contributed by atoms with Crippen LogP contribution >= 0.6 is 0 Å². The van der Waals surface area contributed by atoms with Crippen molar-refractivity contribution in [2.75, 3.05) is 12.4 Å². The molecule has 2 atom stereocenters. The van der Waals surface area contributed by atoms with Crippen LogP contribution in [0.5, 0.6) is 5.88 Å². The zero-order valence-corrected chi connectivity index (χ0v) is 10.0. The van der Waals surface area contributed by atoms with Crippen molar-refractivity contribution >= 4 is 5.69 Å². The van der Waals surface area contributed by atoms with Gasteiger partial charge in [-0.1, -0.05) is 12.8 Å². The summed E-state index contributed by atoms with van der Waals surface area (Å²) < 4.78 is 5.01. The van der Waals surface area contributed by atoms with E-state index in [0.29, 0.717) is 5.88 Å². The molecule has 1 saturated carbocycles. The zero-order valence-electron chi connectivity index (χ0n) is 10.0. The fraction of sp³-hybridized carbons (Fsp3) is 0.538. The Morgan fingerprint density at radius 3 is 2.88 bits per heavy atom. The molecule has 1 heterocycles. The van der Waals surface area contributed by atoms with Crippen LogP contribution in [0.3, 0.4) is 0 Å². The van der Waals surface area contributed by atoms with Gasteiger partial charge in [0, 0.05) is 12.1 Å². The Kier molecular flexibility index (Phi) is 3.81. The molecule has 0 amide bonds. The van der Waals surface area contributed by atoms with Crippen LogP contribution in [0.1, 0.15) is 25.7 Å². The molecule has 1 aromatic rings. The van der Waals surface area contributed by atoms with Gasteiger partial charge in [-0.05, 0) is 18.9 Å². The highest BCUT2D eigenvalue weighted by molar-refractivity contribution is 5.43. The van der Waals surface area contributed by atoms with Crippen molar-refractivity contribution < 1.29 is 4.74 Å². The van der Waals surface area contributed by atoms with Crippen molar-refractivity contribution in [2.45, 2.75) is 31.7 Å². The van der Waals surface area contributed by atoms with Crippen LogP contribution in [0, 0.1) is 17.2 Å². The Labute approximate surface area is 102 Å². The van der Waals surface area contributed by atoms with Gasteiger partial charge in [-0.15, -0.1) is 0 Å². The third kappa shape index (κ3) is 2.88. The Morgan fingerprint density at radius 1 is 1.41 bits per heavy atom. The van der Waals surface area contributed by atoms with Gasteiger partial charge in [-0.3, -0.25) is 0 Å². The van der Waals surface area contributed by atoms with Crippen molar-refractivity contribution in [1.29, 1.82) is 5.26 Å². The number of rotatable bonds is 3. The van der Waals surface area contributed by atoms with Gasteiger partial charge in [0.05, 0.1) is 31.0 Å². The number of aromatic nitrogens is 1. The number of anilines is 1. The van der Waals surface area contributed by atoms with Crippen LogP contribution in [0.25, 0.3) is 0 Å². The molecule has 4 nitrogen and oxygen atoms in total. The van der Waals surface area contributed by atoms with Gasteiger partial charge in [0.25, 0.3) is 0 Å². The average Bonchev–Trinajstić information content (AvgIpc) is 2.40. The van der Waals surface area contributed by atoms with Crippen LogP contribution in [0.2, 0.25) is 0 Å². The summed E-state index contributed by atoms with van der Waals surface area (Å²) in [6, 6.07) is 6.41. The number of hydrogen-bond donors (Lipinski definition) is 1. The monoisotopic (exact) mass is 231 g/mol. The Morgan fingerprint density at radius 2 is 2.24 bits per heavy atom. The molecule has 0 aromatic carbocycles.